The minimum atomic E-state index is -0.205. The van der Waals surface area contributed by atoms with Crippen molar-refractivity contribution in [3.63, 3.8) is 0 Å². The standard InChI is InChI=1S/C10H20FN/c1-10(2,8-11)9-12-6-4-3-5-7-12/h3-9H2,1-2H3. The molecule has 1 saturated heterocycles. The van der Waals surface area contributed by atoms with Gasteiger partial charge in [-0.3, -0.25) is 4.39 Å². The van der Waals surface area contributed by atoms with Crippen molar-refractivity contribution < 1.29 is 4.39 Å². The van der Waals surface area contributed by atoms with E-state index in [9.17, 15) is 4.39 Å². The molecule has 1 nitrogen and oxygen atoms in total. The van der Waals surface area contributed by atoms with Gasteiger partial charge in [0, 0.05) is 12.0 Å². The molecule has 0 aromatic rings. The van der Waals surface area contributed by atoms with E-state index in [1.165, 1.54) is 32.4 Å². The van der Waals surface area contributed by atoms with Gasteiger partial charge in [0.2, 0.25) is 0 Å². The summed E-state index contributed by atoms with van der Waals surface area (Å²) in [5.41, 5.74) is -0.142. The molecular weight excluding hydrogens is 153 g/mol. The first kappa shape index (κ1) is 9.97. The van der Waals surface area contributed by atoms with E-state index in [2.05, 4.69) is 4.90 Å². The van der Waals surface area contributed by atoms with Gasteiger partial charge in [0.25, 0.3) is 0 Å². The van der Waals surface area contributed by atoms with Crippen LogP contribution in [0.25, 0.3) is 0 Å². The fourth-order valence-corrected chi connectivity index (χ4v) is 1.77. The van der Waals surface area contributed by atoms with Gasteiger partial charge in [-0.1, -0.05) is 20.3 Å². The second-order valence-electron chi connectivity index (χ2n) is 4.63. The van der Waals surface area contributed by atoms with Crippen molar-refractivity contribution in [1.82, 2.24) is 4.90 Å². The number of rotatable bonds is 3. The third-order valence-electron chi connectivity index (χ3n) is 2.46. The summed E-state index contributed by atoms with van der Waals surface area (Å²) >= 11 is 0. The average molecular weight is 173 g/mol. The molecule has 1 heterocycles. The lowest BCUT2D eigenvalue weighted by atomic mass is 9.94. The zero-order chi connectivity index (χ0) is 9.03. The lowest BCUT2D eigenvalue weighted by Gasteiger charge is -2.33. The van der Waals surface area contributed by atoms with Gasteiger partial charge in [0.15, 0.2) is 0 Å². The Hall–Kier alpha value is -0.110. The number of likely N-dealkylation sites (tertiary alicyclic amines) is 1. The first-order chi connectivity index (χ1) is 5.64. The highest BCUT2D eigenvalue weighted by Crippen LogP contribution is 2.20. The monoisotopic (exact) mass is 173 g/mol. The summed E-state index contributed by atoms with van der Waals surface area (Å²) in [4.78, 5) is 2.39. The quantitative estimate of drug-likeness (QED) is 0.633. The fraction of sp³-hybridized carbons (Fsp3) is 1.00. The summed E-state index contributed by atoms with van der Waals surface area (Å²) in [6, 6.07) is 0. The van der Waals surface area contributed by atoms with Crippen LogP contribution >= 0.6 is 0 Å². The molecule has 1 rings (SSSR count). The average Bonchev–Trinajstić information content (AvgIpc) is 2.06. The Morgan fingerprint density at radius 1 is 1.17 bits per heavy atom. The molecule has 1 aliphatic heterocycles. The van der Waals surface area contributed by atoms with Crippen LogP contribution in [-0.4, -0.2) is 31.2 Å². The molecule has 12 heavy (non-hydrogen) atoms. The second-order valence-corrected chi connectivity index (χ2v) is 4.63. The Balaban J connectivity index is 2.28. The predicted octanol–water partition coefficient (Wildman–Crippen LogP) is 2.47. The van der Waals surface area contributed by atoms with Crippen LogP contribution in [0.15, 0.2) is 0 Å². The number of hydrogen-bond donors (Lipinski definition) is 0. The third kappa shape index (κ3) is 3.10. The van der Waals surface area contributed by atoms with E-state index in [1.54, 1.807) is 0 Å². The molecular formula is C10H20FN. The molecule has 1 aliphatic rings. The van der Waals surface area contributed by atoms with E-state index in [0.29, 0.717) is 0 Å². The minimum Gasteiger partial charge on any atom is -0.303 e. The highest BCUT2D eigenvalue weighted by molar-refractivity contribution is 4.75. The molecule has 0 unspecified atom stereocenters. The van der Waals surface area contributed by atoms with E-state index in [1.807, 2.05) is 13.8 Å². The Kier molecular flexibility index (Phi) is 3.51. The second kappa shape index (κ2) is 4.22. The maximum Gasteiger partial charge on any atom is 0.0957 e. The zero-order valence-electron chi connectivity index (χ0n) is 8.27. The van der Waals surface area contributed by atoms with Crippen LogP contribution in [0.2, 0.25) is 0 Å². The minimum absolute atomic E-state index is 0.142. The fourth-order valence-electron chi connectivity index (χ4n) is 1.77. The lowest BCUT2D eigenvalue weighted by Crippen LogP contribution is -2.38. The van der Waals surface area contributed by atoms with Crippen LogP contribution in [0.1, 0.15) is 33.1 Å². The molecule has 72 valence electrons. The van der Waals surface area contributed by atoms with Gasteiger partial charge in [0.1, 0.15) is 0 Å². The van der Waals surface area contributed by atoms with Crippen molar-refractivity contribution in [2.45, 2.75) is 33.1 Å². The summed E-state index contributed by atoms with van der Waals surface area (Å²) in [7, 11) is 0. The Labute approximate surface area is 74.9 Å². The first-order valence-electron chi connectivity index (χ1n) is 4.92. The molecule has 0 N–H and O–H groups in total. The zero-order valence-corrected chi connectivity index (χ0v) is 8.27. The van der Waals surface area contributed by atoms with Gasteiger partial charge in [-0.25, -0.2) is 0 Å². The van der Waals surface area contributed by atoms with Crippen LogP contribution in [-0.2, 0) is 0 Å². The van der Waals surface area contributed by atoms with E-state index in [0.717, 1.165) is 6.54 Å². The Morgan fingerprint density at radius 2 is 1.75 bits per heavy atom. The van der Waals surface area contributed by atoms with Gasteiger partial charge >= 0.3 is 0 Å². The van der Waals surface area contributed by atoms with Crippen molar-refractivity contribution in [3.05, 3.63) is 0 Å². The van der Waals surface area contributed by atoms with E-state index >= 15 is 0 Å². The Bertz CT molecular complexity index is 128. The number of piperidine rings is 1. The van der Waals surface area contributed by atoms with Crippen molar-refractivity contribution in [2.24, 2.45) is 5.41 Å². The summed E-state index contributed by atoms with van der Waals surface area (Å²) in [5, 5.41) is 0. The van der Waals surface area contributed by atoms with Crippen molar-refractivity contribution in [1.29, 1.82) is 0 Å². The molecule has 2 heteroatoms. The topological polar surface area (TPSA) is 3.24 Å². The first-order valence-corrected chi connectivity index (χ1v) is 4.92. The van der Waals surface area contributed by atoms with E-state index in [4.69, 9.17) is 0 Å². The van der Waals surface area contributed by atoms with Crippen LogP contribution < -0.4 is 0 Å². The van der Waals surface area contributed by atoms with Crippen molar-refractivity contribution in [3.8, 4) is 0 Å². The highest BCUT2D eigenvalue weighted by atomic mass is 19.1. The summed E-state index contributed by atoms with van der Waals surface area (Å²) < 4.78 is 12.5. The predicted molar refractivity (Wildman–Crippen MR) is 50.0 cm³/mol. The van der Waals surface area contributed by atoms with Gasteiger partial charge in [0.05, 0.1) is 6.67 Å². The molecule has 0 atom stereocenters. The smallest absolute Gasteiger partial charge is 0.0957 e. The maximum absolute atomic E-state index is 12.5. The van der Waals surface area contributed by atoms with Crippen LogP contribution in [0.5, 0.6) is 0 Å². The largest absolute Gasteiger partial charge is 0.303 e. The number of halogens is 1. The van der Waals surface area contributed by atoms with Crippen LogP contribution in [0.4, 0.5) is 4.39 Å². The molecule has 0 radical (unpaired) electrons. The number of hydrogen-bond acceptors (Lipinski definition) is 1. The summed E-state index contributed by atoms with van der Waals surface area (Å²) in [6.07, 6.45) is 3.94. The van der Waals surface area contributed by atoms with Gasteiger partial charge < -0.3 is 4.90 Å². The maximum atomic E-state index is 12.5. The normalized spacial score (nSPS) is 21.2. The van der Waals surface area contributed by atoms with E-state index in [-0.39, 0.29) is 12.1 Å². The van der Waals surface area contributed by atoms with Crippen LogP contribution in [0, 0.1) is 5.41 Å². The van der Waals surface area contributed by atoms with Crippen LogP contribution in [0.3, 0.4) is 0 Å². The van der Waals surface area contributed by atoms with Gasteiger partial charge in [-0.05, 0) is 25.9 Å². The number of nitrogens with zero attached hydrogens (tertiary/aromatic N) is 1. The number of alkyl halides is 1. The van der Waals surface area contributed by atoms with Gasteiger partial charge in [-0.15, -0.1) is 0 Å². The summed E-state index contributed by atoms with van der Waals surface area (Å²) in [5.74, 6) is 0. The van der Waals surface area contributed by atoms with Crippen molar-refractivity contribution >= 4 is 0 Å². The molecule has 0 aliphatic carbocycles. The highest BCUT2D eigenvalue weighted by Gasteiger charge is 2.22. The molecule has 0 aromatic heterocycles. The molecule has 0 bridgehead atoms. The molecule has 0 spiro atoms. The molecule has 0 saturated carbocycles. The van der Waals surface area contributed by atoms with Gasteiger partial charge in [-0.2, -0.15) is 0 Å². The molecule has 0 amide bonds. The Morgan fingerprint density at radius 3 is 2.25 bits per heavy atom. The van der Waals surface area contributed by atoms with E-state index < -0.39 is 0 Å². The molecule has 0 aromatic carbocycles. The lowest BCUT2D eigenvalue weighted by molar-refractivity contribution is 0.129. The molecule has 1 fully saturated rings. The van der Waals surface area contributed by atoms with Crippen molar-refractivity contribution in [2.75, 3.05) is 26.3 Å². The third-order valence-corrected chi connectivity index (χ3v) is 2.46. The summed E-state index contributed by atoms with van der Waals surface area (Å²) in [6.45, 7) is 7.06. The SMILES string of the molecule is CC(C)(CF)CN1CCCCC1.